The first-order valence-electron chi connectivity index (χ1n) is 10.5. The van der Waals surface area contributed by atoms with Crippen LogP contribution in [0.2, 0.25) is 0 Å². The van der Waals surface area contributed by atoms with Crippen molar-refractivity contribution in [3.05, 3.63) is 88.4 Å². The van der Waals surface area contributed by atoms with Crippen LogP contribution in [0, 0.1) is 5.92 Å². The summed E-state index contributed by atoms with van der Waals surface area (Å²) in [5.41, 5.74) is 2.60. The van der Waals surface area contributed by atoms with E-state index in [0.29, 0.717) is 24.7 Å². The molecule has 1 amide bonds. The number of amides is 1. The van der Waals surface area contributed by atoms with Gasteiger partial charge in [-0.05, 0) is 82.7 Å². The predicted octanol–water partition coefficient (Wildman–Crippen LogP) is 6.75. The average Bonchev–Trinajstić information content (AvgIpc) is 2.77. The zero-order valence-corrected chi connectivity index (χ0v) is 19.5. The van der Waals surface area contributed by atoms with Crippen LogP contribution in [0.4, 0.5) is 5.69 Å². The molecule has 0 aliphatic carbocycles. The predicted molar refractivity (Wildman–Crippen MR) is 129 cm³/mol. The average molecular weight is 482 g/mol. The fraction of sp³-hybridized carbons (Fsp3) is 0.269. The number of hydrogen-bond acceptors (Lipinski definition) is 3. The molecule has 0 bridgehead atoms. The molecule has 0 atom stereocenters. The Labute approximate surface area is 192 Å². The van der Waals surface area contributed by atoms with Gasteiger partial charge in [0.25, 0.3) is 5.91 Å². The highest BCUT2D eigenvalue weighted by Crippen LogP contribution is 2.27. The van der Waals surface area contributed by atoms with Crippen molar-refractivity contribution in [2.75, 3.05) is 18.5 Å². The second-order valence-corrected chi connectivity index (χ2v) is 8.62. The third kappa shape index (κ3) is 7.44. The number of nitrogens with one attached hydrogen (secondary N) is 1. The van der Waals surface area contributed by atoms with E-state index in [2.05, 4.69) is 59.4 Å². The van der Waals surface area contributed by atoms with E-state index in [1.54, 1.807) is 12.1 Å². The smallest absolute Gasteiger partial charge is 0.255 e. The van der Waals surface area contributed by atoms with Crippen LogP contribution < -0.4 is 14.8 Å². The molecule has 0 spiro atoms. The molecule has 3 aromatic rings. The minimum Gasteiger partial charge on any atom is -0.494 e. The van der Waals surface area contributed by atoms with Gasteiger partial charge in [0, 0.05) is 11.3 Å². The van der Waals surface area contributed by atoms with E-state index < -0.39 is 0 Å². The van der Waals surface area contributed by atoms with Crippen LogP contribution in [0.25, 0.3) is 0 Å². The van der Waals surface area contributed by atoms with Crippen molar-refractivity contribution in [3.63, 3.8) is 0 Å². The monoisotopic (exact) mass is 481 g/mol. The van der Waals surface area contributed by atoms with Crippen molar-refractivity contribution in [2.24, 2.45) is 5.92 Å². The Morgan fingerprint density at radius 1 is 0.968 bits per heavy atom. The molecule has 3 rings (SSSR count). The molecule has 0 unspecified atom stereocenters. The summed E-state index contributed by atoms with van der Waals surface area (Å²) in [6.45, 7) is 5.47. The first kappa shape index (κ1) is 22.9. The van der Waals surface area contributed by atoms with Crippen LogP contribution in [-0.2, 0) is 6.42 Å². The number of ether oxygens (including phenoxy) is 2. The molecule has 31 heavy (non-hydrogen) atoms. The molecule has 162 valence electrons. The maximum atomic E-state index is 12.6. The van der Waals surface area contributed by atoms with Gasteiger partial charge in [-0.3, -0.25) is 4.79 Å². The molecule has 0 heterocycles. The molecule has 1 N–H and O–H groups in total. The highest BCUT2D eigenvalue weighted by Gasteiger charge is 2.10. The molecule has 0 fully saturated rings. The first-order valence-corrected chi connectivity index (χ1v) is 11.3. The standard InChI is InChI=1S/C26H28BrNO3/c1-19(2)18-31-25-15-10-21(17-24(25)27)26(29)28-22-11-13-23(14-12-22)30-16-6-9-20-7-4-3-5-8-20/h3-5,7-8,10-15,17,19H,6,9,16,18H2,1-2H3,(H,28,29). The van der Waals surface area contributed by atoms with Gasteiger partial charge in [-0.25, -0.2) is 0 Å². The summed E-state index contributed by atoms with van der Waals surface area (Å²) in [6, 6.07) is 23.2. The van der Waals surface area contributed by atoms with Gasteiger partial charge in [-0.15, -0.1) is 0 Å². The zero-order chi connectivity index (χ0) is 22.1. The van der Waals surface area contributed by atoms with E-state index in [1.807, 2.05) is 36.4 Å². The van der Waals surface area contributed by atoms with E-state index in [1.165, 1.54) is 5.56 Å². The Morgan fingerprint density at radius 2 is 1.71 bits per heavy atom. The first-order chi connectivity index (χ1) is 15.0. The SMILES string of the molecule is CC(C)COc1ccc(C(=O)Nc2ccc(OCCCc3ccccc3)cc2)cc1Br. The van der Waals surface area contributed by atoms with Gasteiger partial charge >= 0.3 is 0 Å². The largest absolute Gasteiger partial charge is 0.494 e. The fourth-order valence-electron chi connectivity index (χ4n) is 2.96. The van der Waals surface area contributed by atoms with E-state index >= 15 is 0 Å². The summed E-state index contributed by atoms with van der Waals surface area (Å²) >= 11 is 3.48. The maximum absolute atomic E-state index is 12.6. The number of halogens is 1. The van der Waals surface area contributed by atoms with Crippen LogP contribution in [0.5, 0.6) is 11.5 Å². The lowest BCUT2D eigenvalue weighted by molar-refractivity contribution is 0.102. The Bertz CT molecular complexity index is 972. The summed E-state index contributed by atoms with van der Waals surface area (Å²) in [5.74, 6) is 1.79. The van der Waals surface area contributed by atoms with Crippen molar-refractivity contribution in [1.29, 1.82) is 0 Å². The van der Waals surface area contributed by atoms with Gasteiger partial charge in [0.15, 0.2) is 0 Å². The van der Waals surface area contributed by atoms with Crippen LogP contribution in [0.15, 0.2) is 77.3 Å². The number of carbonyl (C=O) groups is 1. The number of benzene rings is 3. The molecule has 0 aliphatic rings. The van der Waals surface area contributed by atoms with Crippen molar-refractivity contribution in [3.8, 4) is 11.5 Å². The molecule has 5 heteroatoms. The van der Waals surface area contributed by atoms with Crippen LogP contribution in [0.1, 0.15) is 36.2 Å². The Balaban J connectivity index is 1.47. The summed E-state index contributed by atoms with van der Waals surface area (Å²) in [5, 5.41) is 2.91. The van der Waals surface area contributed by atoms with Crippen molar-refractivity contribution in [2.45, 2.75) is 26.7 Å². The van der Waals surface area contributed by atoms with Crippen molar-refractivity contribution in [1.82, 2.24) is 0 Å². The van der Waals surface area contributed by atoms with E-state index in [-0.39, 0.29) is 5.91 Å². The third-order valence-corrected chi connectivity index (χ3v) is 5.22. The summed E-state index contributed by atoms with van der Waals surface area (Å²) in [4.78, 5) is 12.6. The molecule has 0 aliphatic heterocycles. The molecule has 0 saturated carbocycles. The van der Waals surface area contributed by atoms with Gasteiger partial charge < -0.3 is 14.8 Å². The van der Waals surface area contributed by atoms with Gasteiger partial charge in [-0.1, -0.05) is 44.2 Å². The van der Waals surface area contributed by atoms with Crippen LogP contribution in [0.3, 0.4) is 0 Å². The second-order valence-electron chi connectivity index (χ2n) is 7.77. The van der Waals surface area contributed by atoms with Gasteiger partial charge in [-0.2, -0.15) is 0 Å². The third-order valence-electron chi connectivity index (χ3n) is 4.60. The van der Waals surface area contributed by atoms with Gasteiger partial charge in [0.05, 0.1) is 17.7 Å². The number of carbonyl (C=O) groups excluding carboxylic acids is 1. The number of rotatable bonds is 10. The number of aryl methyl sites for hydroxylation is 1. The van der Waals surface area contributed by atoms with E-state index in [4.69, 9.17) is 9.47 Å². The van der Waals surface area contributed by atoms with E-state index in [9.17, 15) is 4.79 Å². The number of anilines is 1. The maximum Gasteiger partial charge on any atom is 0.255 e. The summed E-state index contributed by atoms with van der Waals surface area (Å²) in [6.07, 6.45) is 1.94. The minimum atomic E-state index is -0.173. The van der Waals surface area contributed by atoms with Gasteiger partial charge in [0.1, 0.15) is 11.5 Å². The zero-order valence-electron chi connectivity index (χ0n) is 17.9. The Kier molecular flexibility index (Phi) is 8.53. The van der Waals surface area contributed by atoms with Crippen molar-refractivity contribution < 1.29 is 14.3 Å². The topological polar surface area (TPSA) is 47.6 Å². The molecule has 3 aromatic carbocycles. The minimum absolute atomic E-state index is 0.173. The lowest BCUT2D eigenvalue weighted by atomic mass is 10.1. The number of hydrogen-bond donors (Lipinski definition) is 1. The van der Waals surface area contributed by atoms with Crippen LogP contribution >= 0.6 is 15.9 Å². The van der Waals surface area contributed by atoms with Crippen molar-refractivity contribution >= 4 is 27.5 Å². The Morgan fingerprint density at radius 3 is 2.39 bits per heavy atom. The molecule has 4 nitrogen and oxygen atoms in total. The second kappa shape index (κ2) is 11.6. The van der Waals surface area contributed by atoms with Gasteiger partial charge in [0.2, 0.25) is 0 Å². The molecular formula is C26H28BrNO3. The van der Waals surface area contributed by atoms with E-state index in [0.717, 1.165) is 34.5 Å². The molecule has 0 aromatic heterocycles. The normalized spacial score (nSPS) is 10.7. The quantitative estimate of drug-likeness (QED) is 0.325. The lowest BCUT2D eigenvalue weighted by Gasteiger charge is -2.12. The Hall–Kier alpha value is -2.79. The fourth-order valence-corrected chi connectivity index (χ4v) is 3.46. The summed E-state index contributed by atoms with van der Waals surface area (Å²) in [7, 11) is 0. The highest BCUT2D eigenvalue weighted by atomic mass is 79.9. The van der Waals surface area contributed by atoms with Crippen LogP contribution in [-0.4, -0.2) is 19.1 Å². The summed E-state index contributed by atoms with van der Waals surface area (Å²) < 4.78 is 12.3. The molecular weight excluding hydrogens is 454 g/mol. The molecule has 0 saturated heterocycles. The lowest BCUT2D eigenvalue weighted by Crippen LogP contribution is -2.12. The highest BCUT2D eigenvalue weighted by molar-refractivity contribution is 9.10. The molecule has 0 radical (unpaired) electrons.